The van der Waals surface area contributed by atoms with Gasteiger partial charge in [0, 0.05) is 22.1 Å². The van der Waals surface area contributed by atoms with Crippen LogP contribution in [-0.2, 0) is 6.18 Å². The lowest BCUT2D eigenvalue weighted by atomic mass is 9.95. The van der Waals surface area contributed by atoms with Crippen molar-refractivity contribution in [3.63, 3.8) is 0 Å². The van der Waals surface area contributed by atoms with Crippen LogP contribution in [0.2, 0.25) is 5.02 Å². The smallest absolute Gasteiger partial charge is 0.327 e. The van der Waals surface area contributed by atoms with Crippen molar-refractivity contribution in [2.45, 2.75) is 24.4 Å². The molecule has 1 atom stereocenters. The van der Waals surface area contributed by atoms with Crippen LogP contribution in [0.15, 0.2) is 46.9 Å². The first-order valence-corrected chi connectivity index (χ1v) is 11.4. The number of halogens is 12. The van der Waals surface area contributed by atoms with Gasteiger partial charge >= 0.3 is 24.6 Å². The highest BCUT2D eigenvalue weighted by Gasteiger charge is 2.41. The molecule has 0 aliphatic carbocycles. The Hall–Kier alpha value is -3.01. The lowest BCUT2D eigenvalue weighted by molar-refractivity contribution is -0.140. The highest BCUT2D eigenvalue weighted by atomic mass is 79.9. The third-order valence-corrected chi connectivity index (χ3v) is 5.45. The van der Waals surface area contributed by atoms with Crippen LogP contribution in [0, 0.1) is 0 Å². The first-order chi connectivity index (χ1) is 17.7. The second-order valence-corrected chi connectivity index (χ2v) is 9.12. The average Bonchev–Trinajstić information content (AvgIpc) is 2.77. The quantitative estimate of drug-likeness (QED) is 0.257. The normalized spacial score (nSPS) is 13.6. The summed E-state index contributed by atoms with van der Waals surface area (Å²) in [5, 5.41) is 1.37. The molecule has 0 heterocycles. The van der Waals surface area contributed by atoms with Gasteiger partial charge in [-0.05, 0) is 42.0 Å². The van der Waals surface area contributed by atoms with E-state index in [1.54, 1.807) is 5.43 Å². The van der Waals surface area contributed by atoms with E-state index in [9.17, 15) is 53.5 Å². The van der Waals surface area contributed by atoms with Crippen molar-refractivity contribution >= 4 is 45.3 Å². The second kappa shape index (κ2) is 12.0. The number of hydrazine groups is 1. The van der Waals surface area contributed by atoms with Crippen LogP contribution in [-0.4, -0.2) is 42.9 Å². The van der Waals surface area contributed by atoms with E-state index >= 15 is 0 Å². The Balaban J connectivity index is 2.43. The van der Waals surface area contributed by atoms with Gasteiger partial charge in [-0.25, -0.2) is 14.2 Å². The van der Waals surface area contributed by atoms with Crippen LogP contribution in [0.1, 0.15) is 33.0 Å². The minimum absolute atomic E-state index is 0.0338. The number of urea groups is 1. The largest absolute Gasteiger partial charge is 0.417 e. The van der Waals surface area contributed by atoms with E-state index in [0.717, 1.165) is 19.2 Å². The molecule has 3 amide bonds. The molecule has 39 heavy (non-hydrogen) atoms. The number of benzene rings is 2. The van der Waals surface area contributed by atoms with E-state index in [0.29, 0.717) is 12.1 Å². The first kappa shape index (κ1) is 32.2. The third-order valence-electron chi connectivity index (χ3n) is 4.77. The number of carbonyl (C=O) groups is 2. The molecule has 0 saturated carbocycles. The number of carbonyl (C=O) groups excluding carboxylic acids is 2. The fourth-order valence-electron chi connectivity index (χ4n) is 3.06. The Morgan fingerprint density at radius 2 is 1.64 bits per heavy atom. The number of allylic oxidation sites excluding steroid dienone is 1. The van der Waals surface area contributed by atoms with Gasteiger partial charge in [-0.2, -0.15) is 39.5 Å². The lowest BCUT2D eigenvalue weighted by Gasteiger charge is -2.21. The lowest BCUT2D eigenvalue weighted by Crippen LogP contribution is -2.50. The molecule has 2 aromatic carbocycles. The van der Waals surface area contributed by atoms with E-state index in [1.165, 1.54) is 11.4 Å². The highest BCUT2D eigenvalue weighted by Crippen LogP contribution is 2.41. The summed E-state index contributed by atoms with van der Waals surface area (Å²) in [5.41, 5.74) is -2.85. The van der Waals surface area contributed by atoms with Gasteiger partial charge in [0.15, 0.2) is 0 Å². The molecule has 5 nitrogen and oxygen atoms in total. The molecule has 0 aromatic heterocycles. The Kier molecular flexibility index (Phi) is 9.93. The van der Waals surface area contributed by atoms with Crippen LogP contribution >= 0.6 is 27.5 Å². The number of amides is 3. The fourth-order valence-corrected chi connectivity index (χ4v) is 3.95. The molecule has 0 aliphatic heterocycles. The van der Waals surface area contributed by atoms with Gasteiger partial charge in [0.05, 0.1) is 11.1 Å². The van der Waals surface area contributed by atoms with Gasteiger partial charge in [-0.15, -0.1) is 0 Å². The van der Waals surface area contributed by atoms with Gasteiger partial charge < -0.3 is 5.32 Å². The molecule has 2 rings (SSSR count). The maximum atomic E-state index is 14.9. The molecule has 0 aliphatic rings. The summed E-state index contributed by atoms with van der Waals surface area (Å²) in [5.74, 6) is -5.96. The van der Waals surface area contributed by atoms with Crippen LogP contribution in [0.25, 0.3) is 5.83 Å². The molecule has 214 valence electrons. The van der Waals surface area contributed by atoms with Crippen molar-refractivity contribution in [2.75, 3.05) is 13.6 Å². The van der Waals surface area contributed by atoms with Crippen molar-refractivity contribution < 1.29 is 53.5 Å². The molecule has 2 N–H and O–H groups in total. The molecular formula is C22H15BrClF10N3O2. The Morgan fingerprint density at radius 3 is 2.15 bits per heavy atom. The van der Waals surface area contributed by atoms with Gasteiger partial charge in [0.25, 0.3) is 5.91 Å². The number of hydrogen-bond acceptors (Lipinski definition) is 2. The molecule has 0 fully saturated rings. The van der Waals surface area contributed by atoms with Gasteiger partial charge in [0.2, 0.25) is 0 Å². The van der Waals surface area contributed by atoms with E-state index in [1.807, 2.05) is 0 Å². The summed E-state index contributed by atoms with van der Waals surface area (Å²) in [6.45, 7) is -1.80. The maximum Gasteiger partial charge on any atom is 0.417 e. The maximum absolute atomic E-state index is 14.9. The average molecular weight is 659 g/mol. The predicted molar refractivity (Wildman–Crippen MR) is 123 cm³/mol. The summed E-state index contributed by atoms with van der Waals surface area (Å²) in [6, 6.07) is 2.71. The summed E-state index contributed by atoms with van der Waals surface area (Å²) < 4.78 is 134. The van der Waals surface area contributed by atoms with E-state index in [2.05, 4.69) is 15.9 Å². The van der Waals surface area contributed by atoms with Crippen LogP contribution < -0.4 is 10.7 Å². The predicted octanol–water partition coefficient (Wildman–Crippen LogP) is 7.63. The Morgan fingerprint density at radius 1 is 1.03 bits per heavy atom. The molecule has 1 unspecified atom stereocenters. The van der Waals surface area contributed by atoms with Crippen LogP contribution in [0.3, 0.4) is 0 Å². The number of alkyl halides is 9. The SMILES string of the molecule is CN(NC(=O)c1ccc(C(F)=CC(c2cc(Cl)cc(Br)c2)C(F)(F)F)cc1C(F)(F)F)C(=O)NCC(F)(F)F. The number of hydrogen-bond donors (Lipinski definition) is 2. The highest BCUT2D eigenvalue weighted by molar-refractivity contribution is 9.10. The monoisotopic (exact) mass is 657 g/mol. The Labute approximate surface area is 226 Å². The third kappa shape index (κ3) is 9.30. The van der Waals surface area contributed by atoms with Gasteiger partial charge in [-0.1, -0.05) is 33.6 Å². The van der Waals surface area contributed by atoms with Crippen molar-refractivity contribution in [2.24, 2.45) is 0 Å². The summed E-state index contributed by atoms with van der Waals surface area (Å²) in [7, 11) is 0.735. The number of nitrogens with zero attached hydrogens (tertiary/aromatic N) is 1. The summed E-state index contributed by atoms with van der Waals surface area (Å²) >= 11 is 8.70. The minimum atomic E-state index is -5.33. The molecule has 0 spiro atoms. The minimum Gasteiger partial charge on any atom is -0.327 e. The van der Waals surface area contributed by atoms with E-state index < -0.39 is 71.0 Å². The standard InChI is InChI=1S/C22H15BrClF10N3O2/c1-37(19(39)35-9-20(26,27)28)36-18(38)14-3-2-10(6-16(14)22(32,33)34)17(25)8-15(21(29,30)31)11-4-12(23)7-13(24)5-11/h2-8,15H,9H2,1H3,(H,35,39)(H,36,38). The summed E-state index contributed by atoms with van der Waals surface area (Å²) in [4.78, 5) is 24.0. The molecule has 0 radical (unpaired) electrons. The van der Waals surface area contributed by atoms with Crippen molar-refractivity contribution in [1.29, 1.82) is 0 Å². The molecule has 2 aromatic rings. The van der Waals surface area contributed by atoms with Crippen molar-refractivity contribution in [3.05, 3.63) is 74.2 Å². The zero-order valence-corrected chi connectivity index (χ0v) is 21.5. The number of rotatable bonds is 5. The fraction of sp³-hybridized carbons (Fsp3) is 0.273. The number of nitrogens with one attached hydrogen (secondary N) is 2. The van der Waals surface area contributed by atoms with Crippen LogP contribution in [0.4, 0.5) is 48.7 Å². The first-order valence-electron chi connectivity index (χ1n) is 10.2. The van der Waals surface area contributed by atoms with Crippen molar-refractivity contribution in [1.82, 2.24) is 15.8 Å². The van der Waals surface area contributed by atoms with E-state index in [4.69, 9.17) is 11.6 Å². The molecule has 0 bridgehead atoms. The topological polar surface area (TPSA) is 61.4 Å². The van der Waals surface area contributed by atoms with Crippen LogP contribution in [0.5, 0.6) is 0 Å². The summed E-state index contributed by atoms with van der Waals surface area (Å²) in [6.07, 6.45) is -15.2. The van der Waals surface area contributed by atoms with Crippen molar-refractivity contribution in [3.8, 4) is 0 Å². The zero-order valence-electron chi connectivity index (χ0n) is 19.1. The van der Waals surface area contributed by atoms with Gasteiger partial charge in [-0.3, -0.25) is 10.2 Å². The molecule has 0 saturated heterocycles. The zero-order chi connectivity index (χ0) is 29.9. The Bertz CT molecular complexity index is 1240. The molecular weight excluding hydrogens is 644 g/mol. The molecule has 17 heteroatoms. The van der Waals surface area contributed by atoms with Gasteiger partial charge in [0.1, 0.15) is 18.3 Å². The second-order valence-electron chi connectivity index (χ2n) is 7.77. The van der Waals surface area contributed by atoms with E-state index in [-0.39, 0.29) is 26.6 Å².